The van der Waals surface area contributed by atoms with Crippen LogP contribution < -0.4 is 0 Å². The van der Waals surface area contributed by atoms with Gasteiger partial charge < -0.3 is 0 Å². The van der Waals surface area contributed by atoms with E-state index < -0.39 is 0 Å². The zero-order chi connectivity index (χ0) is 12.5. The second-order valence-corrected chi connectivity index (χ2v) is 5.12. The van der Waals surface area contributed by atoms with Crippen LogP contribution in [0.4, 0.5) is 0 Å². The fourth-order valence-electron chi connectivity index (χ4n) is 2.00. The van der Waals surface area contributed by atoms with Crippen LogP contribution in [-0.4, -0.2) is 14.8 Å². The van der Waals surface area contributed by atoms with Crippen LogP contribution in [0.2, 0.25) is 0 Å². The van der Waals surface area contributed by atoms with Crippen molar-refractivity contribution in [1.29, 1.82) is 0 Å². The molecule has 18 heavy (non-hydrogen) atoms. The van der Waals surface area contributed by atoms with E-state index in [2.05, 4.69) is 38.1 Å². The summed E-state index contributed by atoms with van der Waals surface area (Å²) >= 11 is 3.55. The fourth-order valence-corrected chi connectivity index (χ4v) is 2.61. The third-order valence-electron chi connectivity index (χ3n) is 2.86. The van der Waals surface area contributed by atoms with Crippen LogP contribution >= 0.6 is 15.9 Å². The van der Waals surface area contributed by atoms with E-state index in [0.29, 0.717) is 0 Å². The molecule has 0 radical (unpaired) electrons. The summed E-state index contributed by atoms with van der Waals surface area (Å²) < 4.78 is 2.98. The lowest BCUT2D eigenvalue weighted by atomic mass is 10.2. The number of pyridine rings is 1. The van der Waals surface area contributed by atoms with Gasteiger partial charge in [0.05, 0.1) is 18.1 Å². The lowest BCUT2D eigenvalue weighted by Gasteiger charge is -2.04. The maximum Gasteiger partial charge on any atom is 0.159 e. The Morgan fingerprint density at radius 1 is 1.22 bits per heavy atom. The smallest absolute Gasteiger partial charge is 0.159 e. The van der Waals surface area contributed by atoms with Gasteiger partial charge in [0.2, 0.25) is 0 Å². The van der Waals surface area contributed by atoms with E-state index in [9.17, 15) is 0 Å². The number of fused-ring (bicyclic) bond motifs is 1. The molecule has 3 rings (SSSR count). The van der Waals surface area contributed by atoms with Crippen molar-refractivity contribution in [3.8, 4) is 0 Å². The van der Waals surface area contributed by atoms with Crippen molar-refractivity contribution in [2.45, 2.75) is 13.5 Å². The van der Waals surface area contributed by atoms with Crippen molar-refractivity contribution in [2.75, 3.05) is 0 Å². The average Bonchev–Trinajstić information content (AvgIpc) is 2.74. The number of hydrogen-bond acceptors (Lipinski definition) is 2. The van der Waals surface area contributed by atoms with E-state index in [-0.39, 0.29) is 0 Å². The Labute approximate surface area is 114 Å². The molecule has 0 saturated carbocycles. The predicted molar refractivity (Wildman–Crippen MR) is 75.5 cm³/mol. The Hall–Kier alpha value is -1.68. The van der Waals surface area contributed by atoms with Gasteiger partial charge in [0.15, 0.2) is 5.65 Å². The third kappa shape index (κ3) is 2.04. The van der Waals surface area contributed by atoms with Gasteiger partial charge in [0.1, 0.15) is 0 Å². The first kappa shape index (κ1) is 11.4. The van der Waals surface area contributed by atoms with Gasteiger partial charge in [0.25, 0.3) is 0 Å². The van der Waals surface area contributed by atoms with Crippen LogP contribution in [0.3, 0.4) is 0 Å². The predicted octanol–water partition coefficient (Wildman–Crippen LogP) is 3.55. The van der Waals surface area contributed by atoms with Crippen LogP contribution in [0.5, 0.6) is 0 Å². The highest BCUT2D eigenvalue weighted by Gasteiger charge is 2.08. The molecule has 0 aliphatic rings. The van der Waals surface area contributed by atoms with E-state index in [4.69, 9.17) is 0 Å². The summed E-state index contributed by atoms with van der Waals surface area (Å²) in [5, 5.41) is 5.47. The fraction of sp³-hybridized carbons (Fsp3) is 0.143. The van der Waals surface area contributed by atoms with E-state index in [1.807, 2.05) is 42.1 Å². The summed E-state index contributed by atoms with van der Waals surface area (Å²) in [6, 6.07) is 12.3. The molecule has 3 nitrogen and oxygen atoms in total. The molecule has 2 aromatic heterocycles. The Balaban J connectivity index is 2.08. The van der Waals surface area contributed by atoms with Crippen molar-refractivity contribution >= 4 is 27.0 Å². The molecule has 90 valence electrons. The number of hydrogen-bond donors (Lipinski definition) is 0. The molecule has 4 heteroatoms. The zero-order valence-corrected chi connectivity index (χ0v) is 11.6. The summed E-state index contributed by atoms with van der Waals surface area (Å²) in [6.45, 7) is 2.73. The van der Waals surface area contributed by atoms with Crippen molar-refractivity contribution in [1.82, 2.24) is 14.8 Å². The first-order valence-corrected chi connectivity index (χ1v) is 6.56. The quantitative estimate of drug-likeness (QED) is 0.725. The molecular weight excluding hydrogens is 290 g/mol. The molecule has 0 amide bonds. The van der Waals surface area contributed by atoms with E-state index in [1.165, 1.54) is 5.56 Å². The summed E-state index contributed by atoms with van der Waals surface area (Å²) in [4.78, 5) is 4.56. The van der Waals surface area contributed by atoms with Gasteiger partial charge in [-0.15, -0.1) is 0 Å². The molecule has 0 fully saturated rings. The lowest BCUT2D eigenvalue weighted by Crippen LogP contribution is -2.02. The number of aryl methyl sites for hydroxylation is 1. The maximum atomic E-state index is 4.56. The molecule has 2 heterocycles. The van der Waals surface area contributed by atoms with E-state index in [1.54, 1.807) is 0 Å². The third-order valence-corrected chi connectivity index (χ3v) is 3.52. The summed E-state index contributed by atoms with van der Waals surface area (Å²) in [5.41, 5.74) is 3.14. The van der Waals surface area contributed by atoms with Gasteiger partial charge in [-0.1, -0.05) is 30.3 Å². The molecule has 3 aromatic rings. The van der Waals surface area contributed by atoms with Gasteiger partial charge in [-0.2, -0.15) is 5.10 Å². The van der Waals surface area contributed by atoms with Crippen molar-refractivity contribution in [3.05, 3.63) is 58.3 Å². The SMILES string of the molecule is Cc1cc(Br)c2cnn(Cc3ccccc3)c2n1. The molecular formula is C14H12BrN3. The number of rotatable bonds is 2. The van der Waals surface area contributed by atoms with Crippen molar-refractivity contribution in [2.24, 2.45) is 0 Å². The molecule has 0 N–H and O–H groups in total. The Morgan fingerprint density at radius 2 is 2.00 bits per heavy atom. The number of nitrogens with zero attached hydrogens (tertiary/aromatic N) is 3. The maximum absolute atomic E-state index is 4.56. The van der Waals surface area contributed by atoms with Crippen molar-refractivity contribution in [3.63, 3.8) is 0 Å². The molecule has 0 saturated heterocycles. The monoisotopic (exact) mass is 301 g/mol. The highest BCUT2D eigenvalue weighted by Crippen LogP contribution is 2.23. The van der Waals surface area contributed by atoms with Gasteiger partial charge in [0, 0.05) is 10.2 Å². The number of aromatic nitrogens is 3. The molecule has 0 atom stereocenters. The molecule has 1 aromatic carbocycles. The van der Waals surface area contributed by atoms with Gasteiger partial charge in [-0.3, -0.25) is 0 Å². The summed E-state index contributed by atoms with van der Waals surface area (Å²) in [6.07, 6.45) is 1.86. The highest BCUT2D eigenvalue weighted by molar-refractivity contribution is 9.10. The average molecular weight is 302 g/mol. The Kier molecular flexibility index (Phi) is 2.88. The first-order chi connectivity index (χ1) is 8.74. The Morgan fingerprint density at radius 3 is 2.78 bits per heavy atom. The van der Waals surface area contributed by atoms with E-state index in [0.717, 1.165) is 27.7 Å². The number of benzene rings is 1. The molecule has 0 aliphatic carbocycles. The minimum atomic E-state index is 0.743. The first-order valence-electron chi connectivity index (χ1n) is 5.76. The van der Waals surface area contributed by atoms with Gasteiger partial charge in [-0.25, -0.2) is 9.67 Å². The normalized spacial score (nSPS) is 11.0. The van der Waals surface area contributed by atoms with Crippen LogP contribution in [0.25, 0.3) is 11.0 Å². The standard InChI is InChI=1S/C14H12BrN3/c1-10-7-13(15)12-8-16-18(14(12)17-10)9-11-5-3-2-4-6-11/h2-8H,9H2,1H3. The summed E-state index contributed by atoms with van der Waals surface area (Å²) in [7, 11) is 0. The lowest BCUT2D eigenvalue weighted by molar-refractivity contribution is 0.703. The second-order valence-electron chi connectivity index (χ2n) is 4.27. The van der Waals surface area contributed by atoms with Crippen LogP contribution in [0, 0.1) is 6.92 Å². The van der Waals surface area contributed by atoms with Gasteiger partial charge in [-0.05, 0) is 34.5 Å². The summed E-state index contributed by atoms with van der Waals surface area (Å²) in [5.74, 6) is 0. The second kappa shape index (κ2) is 4.53. The molecule has 0 aliphatic heterocycles. The van der Waals surface area contributed by atoms with Gasteiger partial charge >= 0.3 is 0 Å². The molecule has 0 unspecified atom stereocenters. The van der Waals surface area contributed by atoms with Crippen molar-refractivity contribution < 1.29 is 0 Å². The molecule has 0 spiro atoms. The highest BCUT2D eigenvalue weighted by atomic mass is 79.9. The zero-order valence-electron chi connectivity index (χ0n) is 9.97. The number of halogens is 1. The van der Waals surface area contributed by atoms with Crippen LogP contribution in [0.15, 0.2) is 47.1 Å². The minimum Gasteiger partial charge on any atom is -0.243 e. The van der Waals surface area contributed by atoms with E-state index >= 15 is 0 Å². The topological polar surface area (TPSA) is 30.7 Å². The molecule has 0 bridgehead atoms. The van der Waals surface area contributed by atoms with Crippen LogP contribution in [0.1, 0.15) is 11.3 Å². The minimum absolute atomic E-state index is 0.743. The van der Waals surface area contributed by atoms with Crippen LogP contribution in [-0.2, 0) is 6.54 Å². The Bertz CT molecular complexity index is 689. The largest absolute Gasteiger partial charge is 0.243 e.